The smallest absolute Gasteiger partial charge is 0.372 e. The lowest BCUT2D eigenvalue weighted by molar-refractivity contribution is -0.313. The van der Waals surface area contributed by atoms with E-state index < -0.39 is 26.2 Å². The van der Waals surface area contributed by atoms with Gasteiger partial charge in [-0.1, -0.05) is 43.3 Å². The summed E-state index contributed by atoms with van der Waals surface area (Å²) < 4.78 is 43.2. The molecule has 222 valence electrons. The van der Waals surface area contributed by atoms with Crippen molar-refractivity contribution in [3.05, 3.63) is 60.4 Å². The predicted molar refractivity (Wildman–Crippen MR) is 154 cm³/mol. The van der Waals surface area contributed by atoms with Gasteiger partial charge in [0.15, 0.2) is 14.6 Å². The first-order valence-electron chi connectivity index (χ1n) is 14.4. The molecular formula is C31H46O8Si. The summed E-state index contributed by atoms with van der Waals surface area (Å²) in [5, 5.41) is 0. The molecule has 3 aliphatic rings. The first-order valence-corrected chi connectivity index (χ1v) is 17.8. The molecular weight excluding hydrogens is 528 g/mol. The van der Waals surface area contributed by atoms with Crippen molar-refractivity contribution in [2.24, 2.45) is 5.92 Å². The van der Waals surface area contributed by atoms with Crippen LogP contribution < -0.4 is 0 Å². The number of carbonyl (C=O) groups is 1. The SMILES string of the molecule is C=C[C@@H](C)[C@H]1OCCC[C@@H]1O/C(=C/C[C@@H]1O[C@@H]2CO[C@@H](c3ccccc3)O[C@H]2C[C@@]1(C)O[Si](C)(C)C)C(=O)OC. The van der Waals surface area contributed by atoms with E-state index in [2.05, 4.69) is 33.1 Å². The molecule has 3 heterocycles. The first kappa shape index (κ1) is 30.9. The van der Waals surface area contributed by atoms with Gasteiger partial charge in [0, 0.05) is 24.5 Å². The Kier molecular flexibility index (Phi) is 10.3. The maximum Gasteiger partial charge on any atom is 0.372 e. The zero-order chi connectivity index (χ0) is 28.9. The Labute approximate surface area is 240 Å². The summed E-state index contributed by atoms with van der Waals surface area (Å²) in [6.45, 7) is 15.6. The lowest BCUT2D eigenvalue weighted by atomic mass is 9.84. The quantitative estimate of drug-likeness (QED) is 0.116. The Hall–Kier alpha value is -2.01. The summed E-state index contributed by atoms with van der Waals surface area (Å²) >= 11 is 0. The second-order valence-electron chi connectivity index (χ2n) is 12.2. The van der Waals surface area contributed by atoms with Crippen LogP contribution in [0.4, 0.5) is 0 Å². The number of methoxy groups -OCH3 is 1. The number of carbonyl (C=O) groups excluding carboxylic acids is 1. The van der Waals surface area contributed by atoms with Crippen molar-refractivity contribution in [3.63, 3.8) is 0 Å². The number of fused-ring (bicyclic) bond motifs is 1. The van der Waals surface area contributed by atoms with Crippen molar-refractivity contribution in [3.8, 4) is 0 Å². The van der Waals surface area contributed by atoms with Crippen LogP contribution >= 0.6 is 0 Å². The molecule has 9 heteroatoms. The van der Waals surface area contributed by atoms with Gasteiger partial charge in [-0.3, -0.25) is 0 Å². The third-order valence-electron chi connectivity index (χ3n) is 7.74. The van der Waals surface area contributed by atoms with Gasteiger partial charge in [-0.15, -0.1) is 6.58 Å². The van der Waals surface area contributed by atoms with Crippen LogP contribution in [0.25, 0.3) is 0 Å². The van der Waals surface area contributed by atoms with Crippen molar-refractivity contribution >= 4 is 14.3 Å². The zero-order valence-electron chi connectivity index (χ0n) is 24.8. The van der Waals surface area contributed by atoms with Gasteiger partial charge < -0.3 is 32.8 Å². The predicted octanol–water partition coefficient (Wildman–Crippen LogP) is 5.70. The van der Waals surface area contributed by atoms with Gasteiger partial charge in [0.05, 0.1) is 31.5 Å². The molecule has 0 saturated carbocycles. The van der Waals surface area contributed by atoms with E-state index in [0.29, 0.717) is 26.1 Å². The number of ether oxygens (including phenoxy) is 6. The third-order valence-corrected chi connectivity index (χ3v) is 8.82. The molecule has 3 fully saturated rings. The van der Waals surface area contributed by atoms with Crippen LogP contribution in [0.2, 0.25) is 19.6 Å². The van der Waals surface area contributed by atoms with E-state index in [9.17, 15) is 4.79 Å². The lowest BCUT2D eigenvalue weighted by Gasteiger charge is -2.52. The summed E-state index contributed by atoms with van der Waals surface area (Å²) in [6, 6.07) is 9.95. The van der Waals surface area contributed by atoms with E-state index in [1.165, 1.54) is 7.11 Å². The first-order chi connectivity index (χ1) is 19.0. The molecule has 8 atom stereocenters. The van der Waals surface area contributed by atoms with Gasteiger partial charge in [-0.25, -0.2) is 4.79 Å². The summed E-state index contributed by atoms with van der Waals surface area (Å²) in [5.74, 6) is -0.269. The zero-order valence-corrected chi connectivity index (χ0v) is 25.8. The molecule has 0 aliphatic carbocycles. The van der Waals surface area contributed by atoms with Crippen molar-refractivity contribution in [1.29, 1.82) is 0 Å². The monoisotopic (exact) mass is 574 g/mol. The van der Waals surface area contributed by atoms with E-state index in [-0.39, 0.29) is 42.2 Å². The Morgan fingerprint density at radius 2 is 1.93 bits per heavy atom. The molecule has 1 aromatic carbocycles. The Balaban J connectivity index is 1.53. The molecule has 4 rings (SSSR count). The van der Waals surface area contributed by atoms with Crippen LogP contribution in [0, 0.1) is 5.92 Å². The van der Waals surface area contributed by atoms with Crippen molar-refractivity contribution in [2.45, 2.75) is 102 Å². The van der Waals surface area contributed by atoms with E-state index in [1.807, 2.05) is 43.3 Å². The van der Waals surface area contributed by atoms with Gasteiger partial charge in [0.1, 0.15) is 18.3 Å². The Morgan fingerprint density at radius 1 is 1.18 bits per heavy atom. The Morgan fingerprint density at radius 3 is 2.60 bits per heavy atom. The molecule has 0 aromatic heterocycles. The van der Waals surface area contributed by atoms with Crippen LogP contribution in [0.3, 0.4) is 0 Å². The van der Waals surface area contributed by atoms with Crippen LogP contribution in [-0.4, -0.2) is 70.7 Å². The van der Waals surface area contributed by atoms with E-state index in [4.69, 9.17) is 32.8 Å². The molecule has 0 amide bonds. The van der Waals surface area contributed by atoms with Crippen molar-refractivity contribution in [1.82, 2.24) is 0 Å². The molecule has 0 bridgehead atoms. The third kappa shape index (κ3) is 7.63. The van der Waals surface area contributed by atoms with Crippen LogP contribution in [0.5, 0.6) is 0 Å². The molecule has 0 unspecified atom stereocenters. The maximum absolute atomic E-state index is 12.8. The molecule has 1 aromatic rings. The summed E-state index contributed by atoms with van der Waals surface area (Å²) in [4.78, 5) is 12.8. The number of hydrogen-bond donors (Lipinski definition) is 0. The van der Waals surface area contributed by atoms with E-state index in [0.717, 1.165) is 18.4 Å². The van der Waals surface area contributed by atoms with Crippen LogP contribution in [0.15, 0.2) is 54.8 Å². The van der Waals surface area contributed by atoms with Gasteiger partial charge in [-0.2, -0.15) is 0 Å². The Bertz CT molecular complexity index is 1020. The molecule has 0 spiro atoms. The summed E-state index contributed by atoms with van der Waals surface area (Å²) in [7, 11) is -0.617. The van der Waals surface area contributed by atoms with Crippen LogP contribution in [0.1, 0.15) is 51.4 Å². The van der Waals surface area contributed by atoms with E-state index >= 15 is 0 Å². The fourth-order valence-electron chi connectivity index (χ4n) is 5.85. The largest absolute Gasteiger partial charge is 0.481 e. The minimum absolute atomic E-state index is 0.0854. The highest BCUT2D eigenvalue weighted by molar-refractivity contribution is 6.69. The summed E-state index contributed by atoms with van der Waals surface area (Å²) in [6.07, 6.45) is 4.68. The van der Waals surface area contributed by atoms with Crippen molar-refractivity contribution < 1.29 is 37.6 Å². The van der Waals surface area contributed by atoms with Crippen LogP contribution in [-0.2, 0) is 37.6 Å². The summed E-state index contributed by atoms with van der Waals surface area (Å²) in [5.41, 5.74) is 0.352. The lowest BCUT2D eigenvalue weighted by Crippen LogP contribution is -2.61. The number of benzene rings is 1. The van der Waals surface area contributed by atoms with E-state index in [1.54, 1.807) is 6.08 Å². The van der Waals surface area contributed by atoms with Gasteiger partial charge in [0.2, 0.25) is 5.76 Å². The fraction of sp³-hybridized carbons (Fsp3) is 0.645. The standard InChI is InChI=1S/C31H46O8Si/c1-8-21(2)28-23(15-12-18-34-28)36-24(29(32)33-4)16-17-27-31(3,39-40(5,6)7)19-25-26(37-27)20-35-30(38-25)22-13-10-9-11-14-22/h8-11,13-14,16,21,23,25-28,30H,1,12,15,17-20H2,2-7H3/b24-16+/t21-,23+,25+,26-,27+,28-,30-,31-/m1/s1. The number of esters is 1. The molecule has 3 aliphatic heterocycles. The second kappa shape index (κ2) is 13.3. The topological polar surface area (TPSA) is 81.7 Å². The average Bonchev–Trinajstić information content (AvgIpc) is 2.93. The number of rotatable bonds is 10. The molecule has 0 radical (unpaired) electrons. The van der Waals surface area contributed by atoms with Gasteiger partial charge in [0.25, 0.3) is 0 Å². The average molecular weight is 575 g/mol. The van der Waals surface area contributed by atoms with Gasteiger partial charge in [-0.05, 0) is 51.9 Å². The molecule has 3 saturated heterocycles. The minimum Gasteiger partial charge on any atom is -0.481 e. The molecule has 8 nitrogen and oxygen atoms in total. The second-order valence-corrected chi connectivity index (χ2v) is 16.6. The van der Waals surface area contributed by atoms with Gasteiger partial charge >= 0.3 is 5.97 Å². The highest BCUT2D eigenvalue weighted by Gasteiger charge is 2.51. The van der Waals surface area contributed by atoms with Crippen molar-refractivity contribution in [2.75, 3.05) is 20.3 Å². The fourth-order valence-corrected chi connectivity index (χ4v) is 7.46. The molecule has 0 N–H and O–H groups in total. The highest BCUT2D eigenvalue weighted by atomic mass is 28.4. The number of hydrogen-bond acceptors (Lipinski definition) is 8. The molecule has 40 heavy (non-hydrogen) atoms. The normalized spacial score (nSPS) is 33.9. The minimum atomic E-state index is -1.98. The maximum atomic E-state index is 12.8. The highest BCUT2D eigenvalue weighted by Crippen LogP contribution is 2.42.